The molecule has 1 aromatic rings. The number of aryl methyl sites for hydroxylation is 1. The van der Waals surface area contributed by atoms with Crippen LogP contribution in [-0.2, 0) is 30.3 Å². The number of benzene rings is 1. The molecule has 0 spiro atoms. The molecule has 1 aromatic carbocycles. The summed E-state index contributed by atoms with van der Waals surface area (Å²) in [7, 11) is 0. The quantitative estimate of drug-likeness (QED) is 0.204. The van der Waals surface area contributed by atoms with E-state index >= 15 is 0 Å². The number of esters is 2. The first-order chi connectivity index (χ1) is 15.4. The number of hydrogen-bond donors (Lipinski definition) is 0. The highest BCUT2D eigenvalue weighted by Gasteiger charge is 2.50. The lowest BCUT2D eigenvalue weighted by Gasteiger charge is -2.31. The highest BCUT2D eigenvalue weighted by Crippen LogP contribution is 2.34. The molecular weight excluding hydrogens is 406 g/mol. The average Bonchev–Trinajstić information content (AvgIpc) is 2.78. The van der Waals surface area contributed by atoms with Gasteiger partial charge in [0.1, 0.15) is 0 Å². The number of amides is 1. The molecule has 0 aliphatic carbocycles. The molecule has 0 atom stereocenters. The first-order valence-corrected chi connectivity index (χ1v) is 12.1. The molecule has 1 rings (SSSR count). The summed E-state index contributed by atoms with van der Waals surface area (Å²) in [5.74, 6) is -1.52. The van der Waals surface area contributed by atoms with Crippen molar-refractivity contribution in [1.82, 2.24) is 4.90 Å². The van der Waals surface area contributed by atoms with Crippen molar-refractivity contribution in [3.05, 3.63) is 35.9 Å². The summed E-state index contributed by atoms with van der Waals surface area (Å²) in [4.78, 5) is 41.3. The number of hydrogen-bond acceptors (Lipinski definition) is 5. The molecule has 180 valence electrons. The van der Waals surface area contributed by atoms with Gasteiger partial charge in [0, 0.05) is 13.1 Å². The van der Waals surface area contributed by atoms with Gasteiger partial charge < -0.3 is 14.4 Å². The molecule has 0 aliphatic heterocycles. The van der Waals surface area contributed by atoms with Crippen molar-refractivity contribution >= 4 is 17.8 Å². The number of ether oxygens (including phenoxy) is 2. The molecular formula is C26H41NO5. The largest absolute Gasteiger partial charge is 0.465 e. The summed E-state index contributed by atoms with van der Waals surface area (Å²) >= 11 is 0. The Morgan fingerprint density at radius 2 is 1.44 bits per heavy atom. The Morgan fingerprint density at radius 3 is 1.97 bits per heavy atom. The van der Waals surface area contributed by atoms with Crippen LogP contribution in [0.2, 0.25) is 0 Å². The van der Waals surface area contributed by atoms with Crippen LogP contribution in [0.25, 0.3) is 0 Å². The highest BCUT2D eigenvalue weighted by atomic mass is 16.6. The minimum Gasteiger partial charge on any atom is -0.465 e. The van der Waals surface area contributed by atoms with Crippen molar-refractivity contribution in [3.8, 4) is 0 Å². The van der Waals surface area contributed by atoms with Crippen molar-refractivity contribution in [2.24, 2.45) is 5.41 Å². The van der Waals surface area contributed by atoms with Gasteiger partial charge in [0.25, 0.3) is 0 Å². The molecule has 0 fully saturated rings. The molecule has 0 radical (unpaired) electrons. The van der Waals surface area contributed by atoms with Crippen molar-refractivity contribution in [2.45, 2.75) is 79.1 Å². The minimum atomic E-state index is -1.62. The Kier molecular flexibility index (Phi) is 13.3. The van der Waals surface area contributed by atoms with Crippen LogP contribution in [0.3, 0.4) is 0 Å². The van der Waals surface area contributed by atoms with E-state index < -0.39 is 17.4 Å². The topological polar surface area (TPSA) is 72.9 Å². The zero-order chi connectivity index (χ0) is 23.8. The Labute approximate surface area is 193 Å². The van der Waals surface area contributed by atoms with Gasteiger partial charge in [-0.15, -0.1) is 0 Å². The molecule has 0 saturated carbocycles. The third kappa shape index (κ3) is 8.64. The predicted octanol–water partition coefficient (Wildman–Crippen LogP) is 4.94. The number of nitrogens with zero attached hydrogens (tertiary/aromatic N) is 1. The van der Waals surface area contributed by atoms with E-state index in [1.807, 2.05) is 37.3 Å². The van der Waals surface area contributed by atoms with Crippen molar-refractivity contribution in [2.75, 3.05) is 26.3 Å². The fourth-order valence-corrected chi connectivity index (χ4v) is 3.85. The van der Waals surface area contributed by atoms with Gasteiger partial charge in [-0.05, 0) is 51.5 Å². The van der Waals surface area contributed by atoms with E-state index in [4.69, 9.17) is 9.47 Å². The number of unbranched alkanes of at least 4 members (excludes halogenated alkanes) is 2. The number of rotatable bonds is 16. The Morgan fingerprint density at radius 1 is 0.812 bits per heavy atom. The molecule has 1 amide bonds. The van der Waals surface area contributed by atoms with E-state index in [9.17, 15) is 14.4 Å². The van der Waals surface area contributed by atoms with E-state index in [0.717, 1.165) is 31.2 Å². The van der Waals surface area contributed by atoms with Crippen molar-refractivity contribution in [1.29, 1.82) is 0 Å². The van der Waals surface area contributed by atoms with Crippen LogP contribution in [-0.4, -0.2) is 49.0 Å². The standard InChI is InChI=1S/C26H41NO5/c1-5-9-13-20-27(19-6-2)23(28)21-26(24(29)31-7-3,25(30)32-8-4)18-14-17-22-15-11-10-12-16-22/h10-12,15-16H,5-9,13-14,17-21H2,1-4H3. The normalized spacial score (nSPS) is 11.1. The minimum absolute atomic E-state index is 0.141. The second-order valence-corrected chi connectivity index (χ2v) is 8.13. The van der Waals surface area contributed by atoms with Gasteiger partial charge in [0.15, 0.2) is 5.41 Å². The van der Waals surface area contributed by atoms with Gasteiger partial charge in [0.2, 0.25) is 5.91 Å². The summed E-state index contributed by atoms with van der Waals surface area (Å²) in [6.45, 7) is 9.06. The summed E-state index contributed by atoms with van der Waals surface area (Å²) in [5.41, 5.74) is -0.498. The number of carbonyl (C=O) groups is 3. The van der Waals surface area contributed by atoms with Crippen LogP contribution < -0.4 is 0 Å². The molecule has 0 aliphatic rings. The third-order valence-corrected chi connectivity index (χ3v) is 5.57. The summed E-state index contributed by atoms with van der Waals surface area (Å²) in [6.07, 6.45) is 5.07. The molecule has 0 aromatic heterocycles. The average molecular weight is 448 g/mol. The maximum absolute atomic E-state index is 13.3. The van der Waals surface area contributed by atoms with E-state index in [1.54, 1.807) is 18.7 Å². The number of carbonyl (C=O) groups excluding carboxylic acids is 3. The third-order valence-electron chi connectivity index (χ3n) is 5.57. The zero-order valence-electron chi connectivity index (χ0n) is 20.4. The van der Waals surface area contributed by atoms with Crippen LogP contribution in [0.1, 0.15) is 78.2 Å². The Balaban J connectivity index is 3.13. The SMILES string of the molecule is CCCCCN(CCC)C(=O)CC(CCCc1ccccc1)(C(=O)OCC)C(=O)OCC. The van der Waals surface area contributed by atoms with Gasteiger partial charge in [-0.25, -0.2) is 0 Å². The monoisotopic (exact) mass is 447 g/mol. The van der Waals surface area contributed by atoms with E-state index in [0.29, 0.717) is 25.9 Å². The molecule has 6 nitrogen and oxygen atoms in total. The van der Waals surface area contributed by atoms with Gasteiger partial charge in [-0.2, -0.15) is 0 Å². The molecule has 0 saturated heterocycles. The molecule has 0 bridgehead atoms. The lowest BCUT2D eigenvalue weighted by Crippen LogP contribution is -2.47. The van der Waals surface area contributed by atoms with Gasteiger partial charge in [0.05, 0.1) is 19.6 Å². The van der Waals surface area contributed by atoms with E-state index in [1.165, 1.54) is 0 Å². The second-order valence-electron chi connectivity index (χ2n) is 8.13. The molecule has 0 heterocycles. The molecule has 0 N–H and O–H groups in total. The lowest BCUT2D eigenvalue weighted by atomic mass is 9.78. The van der Waals surface area contributed by atoms with Crippen molar-refractivity contribution < 1.29 is 23.9 Å². The van der Waals surface area contributed by atoms with E-state index in [-0.39, 0.29) is 32.0 Å². The lowest BCUT2D eigenvalue weighted by molar-refractivity contribution is -0.176. The molecule has 0 unspecified atom stereocenters. The van der Waals surface area contributed by atoms with Gasteiger partial charge in [-0.3, -0.25) is 14.4 Å². The maximum atomic E-state index is 13.3. The first-order valence-electron chi connectivity index (χ1n) is 12.1. The van der Waals surface area contributed by atoms with Crippen LogP contribution in [0.5, 0.6) is 0 Å². The zero-order valence-corrected chi connectivity index (χ0v) is 20.4. The van der Waals surface area contributed by atoms with Crippen LogP contribution in [0, 0.1) is 5.41 Å². The van der Waals surface area contributed by atoms with Gasteiger partial charge in [-0.1, -0.05) is 57.0 Å². The highest BCUT2D eigenvalue weighted by molar-refractivity contribution is 6.03. The van der Waals surface area contributed by atoms with Gasteiger partial charge >= 0.3 is 11.9 Å². The predicted molar refractivity (Wildman–Crippen MR) is 126 cm³/mol. The van der Waals surface area contributed by atoms with Crippen molar-refractivity contribution in [3.63, 3.8) is 0 Å². The van der Waals surface area contributed by atoms with Crippen LogP contribution in [0.15, 0.2) is 30.3 Å². The first kappa shape index (κ1) is 27.7. The summed E-state index contributed by atoms with van der Waals surface area (Å²) < 4.78 is 10.6. The summed E-state index contributed by atoms with van der Waals surface area (Å²) in [6, 6.07) is 9.89. The van der Waals surface area contributed by atoms with Crippen LogP contribution >= 0.6 is 0 Å². The Bertz CT molecular complexity index is 671. The fraction of sp³-hybridized carbons (Fsp3) is 0.654. The fourth-order valence-electron chi connectivity index (χ4n) is 3.85. The molecule has 32 heavy (non-hydrogen) atoms. The smallest absolute Gasteiger partial charge is 0.324 e. The maximum Gasteiger partial charge on any atom is 0.324 e. The second kappa shape index (κ2) is 15.4. The molecule has 6 heteroatoms. The van der Waals surface area contributed by atoms with E-state index in [2.05, 4.69) is 6.92 Å². The Hall–Kier alpha value is -2.37. The summed E-state index contributed by atoms with van der Waals surface area (Å²) in [5, 5.41) is 0. The van der Waals surface area contributed by atoms with Crippen LogP contribution in [0.4, 0.5) is 0 Å².